The van der Waals surface area contributed by atoms with Gasteiger partial charge in [-0.1, -0.05) is 66.7 Å². The van der Waals surface area contributed by atoms with Crippen LogP contribution in [-0.4, -0.2) is 16.3 Å². The van der Waals surface area contributed by atoms with E-state index in [1.54, 1.807) is 0 Å². The number of carbonyl (C=O) groups is 2. The molecule has 1 aromatic heterocycles. The summed E-state index contributed by atoms with van der Waals surface area (Å²) in [5.74, 6) is -0.0420. The van der Waals surface area contributed by atoms with E-state index >= 15 is 0 Å². The number of hydrogen-bond donors (Lipinski definition) is 0. The van der Waals surface area contributed by atoms with Crippen LogP contribution in [0.2, 0.25) is 0 Å². The number of fused-ring (bicyclic) bond motifs is 6. The Morgan fingerprint density at radius 1 is 0.677 bits per heavy atom. The Morgan fingerprint density at radius 2 is 1.42 bits per heavy atom. The number of carbonyl (C=O) groups excluding carboxylic acids is 2. The Kier molecular flexibility index (Phi) is 3.14. The fraction of sp³-hybridized carbons (Fsp3) is 0.0714. The van der Waals surface area contributed by atoms with Crippen LogP contribution in [0.5, 0.6) is 0 Å². The van der Waals surface area contributed by atoms with Gasteiger partial charge in [-0.2, -0.15) is 0 Å². The van der Waals surface area contributed by atoms with Gasteiger partial charge in [0, 0.05) is 33.4 Å². The van der Waals surface area contributed by atoms with E-state index in [1.165, 1.54) is 0 Å². The molecular formula is C28H17NO2. The molecule has 0 fully saturated rings. The first-order chi connectivity index (χ1) is 15.2. The maximum absolute atomic E-state index is 13.9. The van der Waals surface area contributed by atoms with Crippen molar-refractivity contribution in [2.45, 2.75) is 12.3 Å². The smallest absolute Gasteiger partial charge is 0.263 e. The Labute approximate surface area is 178 Å². The molecule has 0 spiro atoms. The molecule has 1 aliphatic carbocycles. The molecule has 146 valence electrons. The summed E-state index contributed by atoms with van der Waals surface area (Å²) in [5, 5.41) is 2.07. The van der Waals surface area contributed by atoms with E-state index in [-0.39, 0.29) is 17.6 Å². The van der Waals surface area contributed by atoms with E-state index in [2.05, 4.69) is 6.07 Å². The van der Waals surface area contributed by atoms with Gasteiger partial charge in [-0.3, -0.25) is 14.2 Å². The number of rotatable bonds is 0. The molecule has 0 radical (unpaired) electrons. The first-order valence-electron chi connectivity index (χ1n) is 10.6. The highest BCUT2D eigenvalue weighted by atomic mass is 16.2. The number of hydrogen-bond acceptors (Lipinski definition) is 2. The number of nitrogens with zero attached hydrogens (tertiary/aromatic N) is 1. The summed E-state index contributed by atoms with van der Waals surface area (Å²) in [6.45, 7) is 0. The lowest BCUT2D eigenvalue weighted by Gasteiger charge is -2.19. The van der Waals surface area contributed by atoms with E-state index in [0.29, 0.717) is 17.5 Å². The average Bonchev–Trinajstić information content (AvgIpc) is 3.03. The van der Waals surface area contributed by atoms with Gasteiger partial charge in [-0.25, -0.2) is 0 Å². The second kappa shape index (κ2) is 5.79. The molecule has 5 aromatic rings. The van der Waals surface area contributed by atoms with Crippen molar-refractivity contribution < 1.29 is 9.59 Å². The molecule has 1 atom stereocenters. The minimum atomic E-state index is -0.0583. The third-order valence-corrected chi connectivity index (χ3v) is 6.92. The van der Waals surface area contributed by atoms with Gasteiger partial charge in [0.05, 0.1) is 11.0 Å². The molecule has 31 heavy (non-hydrogen) atoms. The van der Waals surface area contributed by atoms with Crippen LogP contribution in [0.25, 0.3) is 21.8 Å². The van der Waals surface area contributed by atoms with Crippen molar-refractivity contribution in [3.8, 4) is 0 Å². The summed E-state index contributed by atoms with van der Waals surface area (Å²) in [5.41, 5.74) is 6.96. The van der Waals surface area contributed by atoms with E-state index in [9.17, 15) is 9.59 Å². The minimum Gasteiger partial charge on any atom is -0.289 e. The first kappa shape index (κ1) is 16.8. The van der Waals surface area contributed by atoms with Gasteiger partial charge in [-0.15, -0.1) is 0 Å². The third kappa shape index (κ3) is 2.03. The molecule has 2 heterocycles. The van der Waals surface area contributed by atoms with Crippen molar-refractivity contribution >= 4 is 33.5 Å². The SMILES string of the molecule is O=C1c2ccccc2CC2c3ccccc3C(=O)n3c4ccccc4c4ccc1c2c43. The monoisotopic (exact) mass is 399 g/mol. The molecule has 0 amide bonds. The highest BCUT2D eigenvalue weighted by Crippen LogP contribution is 2.45. The van der Waals surface area contributed by atoms with Crippen LogP contribution in [0.1, 0.15) is 48.9 Å². The lowest BCUT2D eigenvalue weighted by atomic mass is 9.83. The molecule has 3 nitrogen and oxygen atoms in total. The standard InChI is InChI=1S/C28H17NO2/c30-27-17-8-2-1-7-16(17)15-23-18-9-3-4-11-21(18)28(31)29-24-12-6-5-10-19(24)20-13-14-22(27)25(23)26(20)29/h1-14,23H,15H2. The fourth-order valence-electron chi connectivity index (χ4n) is 5.61. The zero-order valence-electron chi connectivity index (χ0n) is 16.6. The summed E-state index contributed by atoms with van der Waals surface area (Å²) in [7, 11) is 0. The molecule has 0 bridgehead atoms. The van der Waals surface area contributed by atoms with E-state index < -0.39 is 0 Å². The Hall–Kier alpha value is -3.98. The molecule has 0 saturated heterocycles. The van der Waals surface area contributed by atoms with E-state index in [0.717, 1.165) is 44.1 Å². The number of benzene rings is 4. The van der Waals surface area contributed by atoms with Crippen LogP contribution < -0.4 is 0 Å². The van der Waals surface area contributed by atoms with Crippen LogP contribution in [-0.2, 0) is 6.42 Å². The van der Waals surface area contributed by atoms with Gasteiger partial charge in [0.15, 0.2) is 5.78 Å². The highest BCUT2D eigenvalue weighted by molar-refractivity contribution is 6.22. The van der Waals surface area contributed by atoms with Crippen molar-refractivity contribution in [2.75, 3.05) is 0 Å². The summed E-state index contributed by atoms with van der Waals surface area (Å²) in [6.07, 6.45) is 0.694. The predicted molar refractivity (Wildman–Crippen MR) is 121 cm³/mol. The lowest BCUT2D eigenvalue weighted by Crippen LogP contribution is -2.13. The van der Waals surface area contributed by atoms with Crippen molar-refractivity contribution in [1.82, 2.24) is 4.57 Å². The average molecular weight is 399 g/mol. The molecule has 1 unspecified atom stereocenters. The second-order valence-corrected chi connectivity index (χ2v) is 8.41. The Bertz CT molecular complexity index is 1600. The molecule has 0 saturated carbocycles. The Morgan fingerprint density at radius 3 is 2.32 bits per heavy atom. The van der Waals surface area contributed by atoms with Gasteiger partial charge in [0.2, 0.25) is 0 Å². The van der Waals surface area contributed by atoms with Crippen molar-refractivity contribution in [1.29, 1.82) is 0 Å². The second-order valence-electron chi connectivity index (χ2n) is 8.41. The summed E-state index contributed by atoms with van der Waals surface area (Å²) < 4.78 is 1.84. The van der Waals surface area contributed by atoms with Crippen LogP contribution in [0.15, 0.2) is 84.9 Å². The molecule has 2 aliphatic rings. The quantitative estimate of drug-likeness (QED) is 0.334. The maximum Gasteiger partial charge on any atom is 0.263 e. The normalized spacial score (nSPS) is 16.7. The molecule has 7 rings (SSSR count). The van der Waals surface area contributed by atoms with Gasteiger partial charge in [-0.05, 0) is 41.3 Å². The van der Waals surface area contributed by atoms with Gasteiger partial charge in [0.25, 0.3) is 5.91 Å². The largest absolute Gasteiger partial charge is 0.289 e. The third-order valence-electron chi connectivity index (χ3n) is 6.92. The van der Waals surface area contributed by atoms with Gasteiger partial charge >= 0.3 is 0 Å². The topological polar surface area (TPSA) is 39.1 Å². The van der Waals surface area contributed by atoms with Crippen LogP contribution in [0.3, 0.4) is 0 Å². The molecule has 4 aromatic carbocycles. The highest BCUT2D eigenvalue weighted by Gasteiger charge is 2.36. The van der Waals surface area contributed by atoms with Crippen LogP contribution >= 0.6 is 0 Å². The molecule has 3 heteroatoms. The van der Waals surface area contributed by atoms with Gasteiger partial charge in [0.1, 0.15) is 0 Å². The minimum absolute atomic E-state index is 0.0241. The van der Waals surface area contributed by atoms with E-state index in [1.807, 2.05) is 83.4 Å². The molecular weight excluding hydrogens is 382 g/mol. The Balaban J connectivity index is 1.74. The van der Waals surface area contributed by atoms with Gasteiger partial charge < -0.3 is 0 Å². The fourth-order valence-corrected chi connectivity index (χ4v) is 5.61. The van der Waals surface area contributed by atoms with Crippen molar-refractivity contribution in [3.63, 3.8) is 0 Å². The van der Waals surface area contributed by atoms with Crippen molar-refractivity contribution in [2.24, 2.45) is 0 Å². The van der Waals surface area contributed by atoms with Crippen LogP contribution in [0, 0.1) is 0 Å². The predicted octanol–water partition coefficient (Wildman–Crippen LogP) is 5.72. The summed E-state index contributed by atoms with van der Waals surface area (Å²) in [6, 6.07) is 27.8. The number of ketones is 1. The number of para-hydroxylation sites is 1. The summed E-state index contributed by atoms with van der Waals surface area (Å²) >= 11 is 0. The first-order valence-corrected chi connectivity index (χ1v) is 10.6. The maximum atomic E-state index is 13.9. The van der Waals surface area contributed by atoms with Crippen molar-refractivity contribution in [3.05, 3.63) is 118 Å². The lowest BCUT2D eigenvalue weighted by molar-refractivity contribution is 0.0968. The molecule has 0 N–H and O–H groups in total. The number of aromatic nitrogens is 1. The zero-order valence-corrected chi connectivity index (χ0v) is 16.6. The van der Waals surface area contributed by atoms with Crippen LogP contribution in [0.4, 0.5) is 0 Å². The zero-order chi connectivity index (χ0) is 20.7. The van der Waals surface area contributed by atoms with E-state index in [4.69, 9.17) is 0 Å². The summed E-state index contributed by atoms with van der Waals surface area (Å²) in [4.78, 5) is 27.6. The molecule has 1 aliphatic heterocycles.